The number of nitro groups is 1. The predicted molar refractivity (Wildman–Crippen MR) is 107 cm³/mol. The molecule has 152 valence electrons. The number of nitrogens with one attached hydrogen (secondary N) is 1. The second kappa shape index (κ2) is 8.11. The summed E-state index contributed by atoms with van der Waals surface area (Å²) in [6.45, 7) is 0.816. The number of hydrogen-bond acceptors (Lipinski definition) is 5. The van der Waals surface area contributed by atoms with Crippen LogP contribution in [0.5, 0.6) is 11.5 Å². The molecule has 0 radical (unpaired) electrons. The molecule has 7 heteroatoms. The summed E-state index contributed by atoms with van der Waals surface area (Å²) in [6.07, 6.45) is 5.71. The van der Waals surface area contributed by atoms with Crippen LogP contribution in [0.2, 0.25) is 0 Å². The van der Waals surface area contributed by atoms with Crippen LogP contribution >= 0.6 is 0 Å². The SMILES string of the molecule is O=C(Cc1ccc([N+](=O)[O-])cc1)NCC1(c2ccc3c(c2)OCO3)CCCCC1. The summed E-state index contributed by atoms with van der Waals surface area (Å²) in [4.78, 5) is 22.9. The van der Waals surface area contributed by atoms with Gasteiger partial charge in [-0.15, -0.1) is 0 Å². The molecule has 2 aromatic carbocycles. The Labute approximate surface area is 169 Å². The van der Waals surface area contributed by atoms with Gasteiger partial charge in [0.15, 0.2) is 11.5 Å². The molecule has 2 aromatic rings. The number of benzene rings is 2. The fourth-order valence-electron chi connectivity index (χ4n) is 4.27. The quantitative estimate of drug-likeness (QED) is 0.591. The van der Waals surface area contributed by atoms with Crippen molar-refractivity contribution in [1.29, 1.82) is 0 Å². The monoisotopic (exact) mass is 396 g/mol. The Morgan fingerprint density at radius 1 is 1.03 bits per heavy atom. The van der Waals surface area contributed by atoms with E-state index in [4.69, 9.17) is 9.47 Å². The Hall–Kier alpha value is -3.09. The zero-order chi connectivity index (χ0) is 20.3. The van der Waals surface area contributed by atoms with Crippen molar-refractivity contribution in [3.63, 3.8) is 0 Å². The van der Waals surface area contributed by atoms with E-state index in [1.807, 2.05) is 6.07 Å². The molecule has 0 aromatic heterocycles. The van der Waals surface area contributed by atoms with Crippen LogP contribution < -0.4 is 14.8 Å². The molecule has 1 fully saturated rings. The lowest BCUT2D eigenvalue weighted by Crippen LogP contribution is -2.42. The van der Waals surface area contributed by atoms with Gasteiger partial charge >= 0.3 is 0 Å². The molecular weight excluding hydrogens is 372 g/mol. The fraction of sp³-hybridized carbons (Fsp3) is 0.409. The number of non-ortho nitro benzene ring substituents is 1. The van der Waals surface area contributed by atoms with Gasteiger partial charge in [-0.25, -0.2) is 0 Å². The molecule has 2 aliphatic rings. The summed E-state index contributed by atoms with van der Waals surface area (Å²) in [5.41, 5.74) is 1.86. The lowest BCUT2D eigenvalue weighted by molar-refractivity contribution is -0.384. The summed E-state index contributed by atoms with van der Waals surface area (Å²) >= 11 is 0. The Bertz CT molecular complexity index is 904. The number of carbonyl (C=O) groups is 1. The number of hydrogen-bond donors (Lipinski definition) is 1. The van der Waals surface area contributed by atoms with E-state index < -0.39 is 4.92 Å². The highest BCUT2D eigenvalue weighted by atomic mass is 16.7. The molecular formula is C22H24N2O5. The van der Waals surface area contributed by atoms with Crippen LogP contribution in [0.3, 0.4) is 0 Å². The fourth-order valence-corrected chi connectivity index (χ4v) is 4.27. The first kappa shape index (κ1) is 19.2. The maximum absolute atomic E-state index is 12.5. The zero-order valence-corrected chi connectivity index (χ0v) is 16.2. The highest BCUT2D eigenvalue weighted by Gasteiger charge is 2.35. The normalized spacial score (nSPS) is 17.0. The molecule has 7 nitrogen and oxygen atoms in total. The van der Waals surface area contributed by atoms with Gasteiger partial charge in [-0.05, 0) is 36.1 Å². The number of nitrogens with zero attached hydrogens (tertiary/aromatic N) is 1. The maximum atomic E-state index is 12.5. The first-order chi connectivity index (χ1) is 14.1. The topological polar surface area (TPSA) is 90.7 Å². The van der Waals surface area contributed by atoms with Crippen LogP contribution in [-0.2, 0) is 16.6 Å². The van der Waals surface area contributed by atoms with E-state index in [-0.39, 0.29) is 30.2 Å². The molecule has 1 amide bonds. The van der Waals surface area contributed by atoms with Crippen molar-refractivity contribution in [2.45, 2.75) is 43.9 Å². The van der Waals surface area contributed by atoms with Crippen molar-refractivity contribution in [2.24, 2.45) is 0 Å². The third kappa shape index (κ3) is 4.18. The van der Waals surface area contributed by atoms with Gasteiger partial charge in [0.05, 0.1) is 11.3 Å². The lowest BCUT2D eigenvalue weighted by Gasteiger charge is -2.38. The molecule has 1 N–H and O–H groups in total. The molecule has 0 atom stereocenters. The number of carbonyl (C=O) groups excluding carboxylic acids is 1. The van der Waals surface area contributed by atoms with Crippen LogP contribution in [0.15, 0.2) is 42.5 Å². The predicted octanol–water partition coefficient (Wildman–Crippen LogP) is 3.88. The number of rotatable bonds is 6. The molecule has 0 spiro atoms. The molecule has 1 aliphatic heterocycles. The zero-order valence-electron chi connectivity index (χ0n) is 16.2. The molecule has 1 heterocycles. The van der Waals surface area contributed by atoms with Gasteiger partial charge in [-0.2, -0.15) is 0 Å². The van der Waals surface area contributed by atoms with Gasteiger partial charge in [-0.1, -0.05) is 37.5 Å². The van der Waals surface area contributed by atoms with Crippen LogP contribution in [0.4, 0.5) is 5.69 Å². The van der Waals surface area contributed by atoms with E-state index in [0.29, 0.717) is 6.54 Å². The Kier molecular flexibility index (Phi) is 5.38. The van der Waals surface area contributed by atoms with Crippen molar-refractivity contribution in [1.82, 2.24) is 5.32 Å². The van der Waals surface area contributed by atoms with Gasteiger partial charge in [0.2, 0.25) is 12.7 Å². The number of fused-ring (bicyclic) bond motifs is 1. The van der Waals surface area contributed by atoms with E-state index in [9.17, 15) is 14.9 Å². The van der Waals surface area contributed by atoms with Gasteiger partial charge in [0.1, 0.15) is 0 Å². The summed E-state index contributed by atoms with van der Waals surface area (Å²) in [5, 5.41) is 13.9. The number of amides is 1. The smallest absolute Gasteiger partial charge is 0.269 e. The minimum Gasteiger partial charge on any atom is -0.454 e. The van der Waals surface area contributed by atoms with E-state index in [1.165, 1.54) is 24.1 Å². The highest BCUT2D eigenvalue weighted by molar-refractivity contribution is 5.78. The average molecular weight is 396 g/mol. The van der Waals surface area contributed by atoms with Gasteiger partial charge in [-0.3, -0.25) is 14.9 Å². The lowest BCUT2D eigenvalue weighted by atomic mass is 9.69. The first-order valence-corrected chi connectivity index (χ1v) is 9.96. The molecule has 0 saturated heterocycles. The minimum atomic E-state index is -0.442. The number of ether oxygens (including phenoxy) is 2. The van der Waals surface area contributed by atoms with Gasteiger partial charge in [0.25, 0.3) is 5.69 Å². The minimum absolute atomic E-state index is 0.0260. The Morgan fingerprint density at radius 2 is 1.76 bits per heavy atom. The molecule has 1 saturated carbocycles. The van der Waals surface area contributed by atoms with Crippen molar-refractivity contribution >= 4 is 11.6 Å². The van der Waals surface area contributed by atoms with Gasteiger partial charge < -0.3 is 14.8 Å². The van der Waals surface area contributed by atoms with E-state index in [1.54, 1.807) is 12.1 Å². The summed E-state index contributed by atoms with van der Waals surface area (Å²) in [5.74, 6) is 1.45. The van der Waals surface area contributed by atoms with Crippen LogP contribution in [-0.4, -0.2) is 24.2 Å². The average Bonchev–Trinajstić information content (AvgIpc) is 3.21. The molecule has 0 bridgehead atoms. The van der Waals surface area contributed by atoms with E-state index in [2.05, 4.69) is 17.4 Å². The van der Waals surface area contributed by atoms with Crippen molar-refractivity contribution in [2.75, 3.05) is 13.3 Å². The van der Waals surface area contributed by atoms with Crippen molar-refractivity contribution in [3.8, 4) is 11.5 Å². The van der Waals surface area contributed by atoms with Crippen LogP contribution in [0, 0.1) is 10.1 Å². The maximum Gasteiger partial charge on any atom is 0.269 e. The molecule has 1 aliphatic carbocycles. The van der Waals surface area contributed by atoms with E-state index in [0.717, 1.165) is 42.7 Å². The van der Waals surface area contributed by atoms with Crippen LogP contribution in [0.1, 0.15) is 43.2 Å². The van der Waals surface area contributed by atoms with Crippen molar-refractivity contribution in [3.05, 3.63) is 63.7 Å². The third-order valence-corrected chi connectivity index (χ3v) is 5.93. The standard InChI is InChI=1S/C22H24N2O5/c25-21(12-16-4-7-18(8-5-16)24(26)27)23-14-22(10-2-1-3-11-22)17-6-9-19-20(13-17)29-15-28-19/h4-9,13H,1-3,10-12,14-15H2,(H,23,25). The third-order valence-electron chi connectivity index (χ3n) is 5.93. The molecule has 4 rings (SSSR count). The first-order valence-electron chi connectivity index (χ1n) is 9.96. The molecule has 0 unspecified atom stereocenters. The molecule has 29 heavy (non-hydrogen) atoms. The second-order valence-corrected chi connectivity index (χ2v) is 7.79. The van der Waals surface area contributed by atoms with Crippen molar-refractivity contribution < 1.29 is 19.2 Å². The van der Waals surface area contributed by atoms with E-state index >= 15 is 0 Å². The Morgan fingerprint density at radius 3 is 2.48 bits per heavy atom. The summed E-state index contributed by atoms with van der Waals surface area (Å²) in [7, 11) is 0. The summed E-state index contributed by atoms with van der Waals surface area (Å²) in [6, 6.07) is 12.2. The largest absolute Gasteiger partial charge is 0.454 e. The Balaban J connectivity index is 1.44. The highest BCUT2D eigenvalue weighted by Crippen LogP contribution is 2.43. The summed E-state index contributed by atoms with van der Waals surface area (Å²) < 4.78 is 11.0. The van der Waals surface area contributed by atoms with Gasteiger partial charge in [0, 0.05) is 24.1 Å². The van der Waals surface area contributed by atoms with Crippen LogP contribution in [0.25, 0.3) is 0 Å². The second-order valence-electron chi connectivity index (χ2n) is 7.79. The number of nitro benzene ring substituents is 1.